The number of likely N-dealkylation sites (tertiary alicyclic amines) is 1. The predicted octanol–water partition coefficient (Wildman–Crippen LogP) is 2.44. The smallest absolute Gasteiger partial charge is 0.335 e. The summed E-state index contributed by atoms with van der Waals surface area (Å²) in [6, 6.07) is 3.60. The minimum Gasteiger partial charge on any atom is -0.478 e. The van der Waals surface area contributed by atoms with Crippen molar-refractivity contribution in [3.63, 3.8) is 0 Å². The number of hydrogen-bond acceptors (Lipinski definition) is 4. The van der Waals surface area contributed by atoms with Crippen LogP contribution in [0.15, 0.2) is 23.1 Å². The molecule has 1 aliphatic heterocycles. The van der Waals surface area contributed by atoms with Crippen molar-refractivity contribution in [3.05, 3.63) is 28.8 Å². The van der Waals surface area contributed by atoms with Crippen molar-refractivity contribution in [2.45, 2.75) is 31.6 Å². The van der Waals surface area contributed by atoms with Gasteiger partial charge in [0.05, 0.1) is 10.6 Å². The van der Waals surface area contributed by atoms with E-state index in [1.807, 2.05) is 0 Å². The SMILES string of the molecule is CC1(C)CCCN(CCNS(=O)(=O)c2ccc(C(=O)O)cc2Cl)C1. The lowest BCUT2D eigenvalue weighted by Crippen LogP contribution is -2.43. The number of piperidine rings is 1. The summed E-state index contributed by atoms with van der Waals surface area (Å²) in [4.78, 5) is 13.0. The second-order valence-corrected chi connectivity index (χ2v) is 9.03. The molecule has 2 N–H and O–H groups in total. The molecule has 0 aromatic heterocycles. The topological polar surface area (TPSA) is 86.7 Å². The van der Waals surface area contributed by atoms with Crippen LogP contribution >= 0.6 is 11.6 Å². The summed E-state index contributed by atoms with van der Waals surface area (Å²) in [6.07, 6.45) is 2.29. The standard InChI is InChI=1S/C16H23ClN2O4S/c1-16(2)6-3-8-19(11-16)9-7-18-24(22,23)14-5-4-12(15(20)21)10-13(14)17/h4-5,10,18H,3,6-9,11H2,1-2H3,(H,20,21). The normalized spacial score (nSPS) is 18.5. The van der Waals surface area contributed by atoms with Crippen LogP contribution in [0.25, 0.3) is 0 Å². The van der Waals surface area contributed by atoms with Crippen LogP contribution < -0.4 is 4.72 Å². The summed E-state index contributed by atoms with van der Waals surface area (Å²) in [5.41, 5.74) is 0.210. The van der Waals surface area contributed by atoms with Crippen LogP contribution in [0.1, 0.15) is 37.0 Å². The fourth-order valence-corrected chi connectivity index (χ4v) is 4.57. The molecule has 0 spiro atoms. The lowest BCUT2D eigenvalue weighted by molar-refractivity contribution is 0.0696. The van der Waals surface area contributed by atoms with Crippen molar-refractivity contribution in [2.24, 2.45) is 5.41 Å². The highest BCUT2D eigenvalue weighted by Crippen LogP contribution is 2.28. The second-order valence-electron chi connectivity index (χ2n) is 6.89. The monoisotopic (exact) mass is 374 g/mol. The van der Waals surface area contributed by atoms with E-state index >= 15 is 0 Å². The summed E-state index contributed by atoms with van der Waals surface area (Å²) in [5, 5.41) is 8.81. The van der Waals surface area contributed by atoms with Crippen LogP contribution in [0.2, 0.25) is 5.02 Å². The maximum atomic E-state index is 12.3. The van der Waals surface area contributed by atoms with Crippen molar-refractivity contribution in [1.82, 2.24) is 9.62 Å². The molecule has 8 heteroatoms. The van der Waals surface area contributed by atoms with Gasteiger partial charge in [-0.15, -0.1) is 0 Å². The van der Waals surface area contributed by atoms with Crippen molar-refractivity contribution in [1.29, 1.82) is 0 Å². The molecule has 1 saturated heterocycles. The maximum absolute atomic E-state index is 12.3. The van der Waals surface area contributed by atoms with Gasteiger partial charge in [0, 0.05) is 19.6 Å². The van der Waals surface area contributed by atoms with Crippen molar-refractivity contribution < 1.29 is 18.3 Å². The minimum absolute atomic E-state index is 0.0468. The molecular weight excluding hydrogens is 352 g/mol. The lowest BCUT2D eigenvalue weighted by atomic mass is 9.84. The van der Waals surface area contributed by atoms with Crippen molar-refractivity contribution in [2.75, 3.05) is 26.2 Å². The fraction of sp³-hybridized carbons (Fsp3) is 0.562. The molecule has 2 rings (SSSR count). The maximum Gasteiger partial charge on any atom is 0.335 e. The first kappa shape index (κ1) is 19.2. The van der Waals surface area contributed by atoms with E-state index < -0.39 is 16.0 Å². The van der Waals surface area contributed by atoms with Gasteiger partial charge in [-0.3, -0.25) is 0 Å². The van der Waals surface area contributed by atoms with E-state index in [2.05, 4.69) is 23.5 Å². The highest BCUT2D eigenvalue weighted by molar-refractivity contribution is 7.89. The zero-order valence-corrected chi connectivity index (χ0v) is 15.5. The highest BCUT2D eigenvalue weighted by Gasteiger charge is 2.26. The van der Waals surface area contributed by atoms with Gasteiger partial charge < -0.3 is 10.0 Å². The number of carboxylic acids is 1. The highest BCUT2D eigenvalue weighted by atomic mass is 35.5. The van der Waals surface area contributed by atoms with Gasteiger partial charge in [0.2, 0.25) is 10.0 Å². The Morgan fingerprint density at radius 2 is 2.12 bits per heavy atom. The Kier molecular flexibility index (Phi) is 5.91. The van der Waals surface area contributed by atoms with Gasteiger partial charge in [-0.1, -0.05) is 25.4 Å². The Morgan fingerprint density at radius 3 is 2.71 bits per heavy atom. The molecule has 0 amide bonds. The van der Waals surface area contributed by atoms with Gasteiger partial charge in [-0.05, 0) is 43.0 Å². The van der Waals surface area contributed by atoms with Crippen LogP contribution in [0.3, 0.4) is 0 Å². The summed E-state index contributed by atoms with van der Waals surface area (Å²) in [5.74, 6) is -1.15. The Bertz CT molecular complexity index is 719. The Balaban J connectivity index is 1.98. The predicted molar refractivity (Wildman–Crippen MR) is 93.1 cm³/mol. The molecule has 0 atom stereocenters. The molecular formula is C16H23ClN2O4S. The fourth-order valence-electron chi connectivity index (χ4n) is 3.00. The molecule has 0 unspecified atom stereocenters. The molecule has 0 aliphatic carbocycles. The average molecular weight is 375 g/mol. The quantitative estimate of drug-likeness (QED) is 0.798. The van der Waals surface area contributed by atoms with Gasteiger partial charge in [-0.25, -0.2) is 17.9 Å². The number of rotatable bonds is 6. The lowest BCUT2D eigenvalue weighted by Gasteiger charge is -2.38. The summed E-state index contributed by atoms with van der Waals surface area (Å²) in [7, 11) is -3.76. The number of halogens is 1. The van der Waals surface area contributed by atoms with Crippen LogP contribution in [0.5, 0.6) is 0 Å². The van der Waals surface area contributed by atoms with Gasteiger partial charge in [0.25, 0.3) is 0 Å². The Hall–Kier alpha value is -1.15. The van der Waals surface area contributed by atoms with E-state index in [4.69, 9.17) is 16.7 Å². The Labute approximate surface area is 147 Å². The number of hydrogen-bond donors (Lipinski definition) is 2. The van der Waals surface area contributed by atoms with Crippen LogP contribution in [-0.2, 0) is 10.0 Å². The molecule has 1 fully saturated rings. The second kappa shape index (κ2) is 7.39. The van der Waals surface area contributed by atoms with Crippen molar-refractivity contribution in [3.8, 4) is 0 Å². The third-order valence-corrected chi connectivity index (χ3v) is 6.11. The van der Waals surface area contributed by atoms with Gasteiger partial charge in [0.1, 0.15) is 4.90 Å². The number of carbonyl (C=O) groups is 1. The zero-order valence-electron chi connectivity index (χ0n) is 13.9. The molecule has 1 aliphatic rings. The third kappa shape index (κ3) is 4.92. The number of nitrogens with zero attached hydrogens (tertiary/aromatic N) is 1. The largest absolute Gasteiger partial charge is 0.478 e. The number of aromatic carboxylic acids is 1. The first-order chi connectivity index (χ1) is 11.1. The number of carboxylic acid groups (broad SMARTS) is 1. The van der Waals surface area contributed by atoms with E-state index in [-0.39, 0.29) is 27.4 Å². The molecule has 1 heterocycles. The average Bonchev–Trinajstić information content (AvgIpc) is 2.45. The first-order valence-electron chi connectivity index (χ1n) is 7.86. The summed E-state index contributed by atoms with van der Waals surface area (Å²) in [6.45, 7) is 7.27. The van der Waals surface area contributed by atoms with Crippen LogP contribution in [0, 0.1) is 5.41 Å². The molecule has 24 heavy (non-hydrogen) atoms. The Morgan fingerprint density at radius 1 is 1.42 bits per heavy atom. The van der Waals surface area contributed by atoms with E-state index in [0.717, 1.165) is 25.6 Å². The summed E-state index contributed by atoms with van der Waals surface area (Å²) < 4.78 is 27.2. The van der Waals surface area contributed by atoms with E-state index in [1.165, 1.54) is 18.6 Å². The van der Waals surface area contributed by atoms with Crippen LogP contribution in [0.4, 0.5) is 0 Å². The van der Waals surface area contributed by atoms with Crippen LogP contribution in [-0.4, -0.2) is 50.6 Å². The van der Waals surface area contributed by atoms with Crippen molar-refractivity contribution >= 4 is 27.6 Å². The van der Waals surface area contributed by atoms with Gasteiger partial charge in [0.15, 0.2) is 0 Å². The number of sulfonamides is 1. The van der Waals surface area contributed by atoms with E-state index in [1.54, 1.807) is 0 Å². The molecule has 134 valence electrons. The van der Waals surface area contributed by atoms with E-state index in [0.29, 0.717) is 6.54 Å². The third-order valence-electron chi connectivity index (χ3n) is 4.17. The molecule has 0 radical (unpaired) electrons. The summed E-state index contributed by atoms with van der Waals surface area (Å²) >= 11 is 5.93. The molecule has 0 saturated carbocycles. The van der Waals surface area contributed by atoms with E-state index in [9.17, 15) is 13.2 Å². The minimum atomic E-state index is -3.76. The van der Waals surface area contributed by atoms with Gasteiger partial charge in [-0.2, -0.15) is 0 Å². The molecule has 6 nitrogen and oxygen atoms in total. The molecule has 1 aromatic carbocycles. The van der Waals surface area contributed by atoms with Gasteiger partial charge >= 0.3 is 5.97 Å². The molecule has 0 bridgehead atoms. The first-order valence-corrected chi connectivity index (χ1v) is 9.72. The number of benzene rings is 1. The molecule has 1 aromatic rings. The zero-order chi connectivity index (χ0) is 18.0. The number of nitrogens with one attached hydrogen (secondary N) is 1.